The first-order valence-electron chi connectivity index (χ1n) is 10.4. The number of carbonyl (C=O) groups is 2. The average Bonchev–Trinajstić information content (AvgIpc) is 3.04. The minimum Gasteiger partial charge on any atom is -0.342 e. The number of nitrogens with zero attached hydrogens (tertiary/aromatic N) is 4. The van der Waals surface area contributed by atoms with E-state index in [-0.39, 0.29) is 17.2 Å². The third-order valence-electron chi connectivity index (χ3n) is 6.25. The molecule has 0 radical (unpaired) electrons. The number of carbonyl (C=O) groups excluding carboxylic acids is 2. The Morgan fingerprint density at radius 1 is 1.10 bits per heavy atom. The van der Waals surface area contributed by atoms with Crippen LogP contribution in [0.5, 0.6) is 0 Å². The van der Waals surface area contributed by atoms with E-state index in [1.54, 1.807) is 12.4 Å². The minimum atomic E-state index is -0.0589. The highest BCUT2D eigenvalue weighted by atomic mass is 16.2. The SMILES string of the molecule is Cc1cnc(C(=O)N2CCC3(CC2)CC(=O)N(CCCc2ccccc2)C3)cn1. The van der Waals surface area contributed by atoms with Crippen molar-refractivity contribution in [2.24, 2.45) is 5.41 Å². The number of benzene rings is 1. The summed E-state index contributed by atoms with van der Waals surface area (Å²) in [5.41, 5.74) is 2.55. The van der Waals surface area contributed by atoms with Crippen LogP contribution in [0.25, 0.3) is 0 Å². The van der Waals surface area contributed by atoms with Gasteiger partial charge in [0.1, 0.15) is 5.69 Å². The van der Waals surface area contributed by atoms with E-state index in [2.05, 4.69) is 34.2 Å². The van der Waals surface area contributed by atoms with Crippen molar-refractivity contribution in [1.82, 2.24) is 19.8 Å². The zero-order chi connectivity index (χ0) is 20.3. The van der Waals surface area contributed by atoms with Gasteiger partial charge in [-0.25, -0.2) is 4.98 Å². The molecule has 2 amide bonds. The summed E-state index contributed by atoms with van der Waals surface area (Å²) < 4.78 is 0. The Bertz CT molecular complexity index is 858. The number of amides is 2. The molecule has 3 heterocycles. The highest BCUT2D eigenvalue weighted by Crippen LogP contribution is 2.41. The Balaban J connectivity index is 1.28. The quantitative estimate of drug-likeness (QED) is 0.785. The van der Waals surface area contributed by atoms with Crippen LogP contribution < -0.4 is 0 Å². The monoisotopic (exact) mass is 392 g/mol. The minimum absolute atomic E-state index is 0.0273. The van der Waals surface area contributed by atoms with E-state index in [0.717, 1.165) is 44.5 Å². The topological polar surface area (TPSA) is 66.4 Å². The van der Waals surface area contributed by atoms with Crippen LogP contribution in [0.1, 0.15) is 47.4 Å². The summed E-state index contributed by atoms with van der Waals surface area (Å²) in [6.07, 6.45) is 7.53. The second-order valence-electron chi connectivity index (χ2n) is 8.42. The van der Waals surface area contributed by atoms with Crippen molar-refractivity contribution in [2.45, 2.75) is 39.0 Å². The smallest absolute Gasteiger partial charge is 0.274 e. The molecule has 6 nitrogen and oxygen atoms in total. The van der Waals surface area contributed by atoms with Gasteiger partial charge in [0.15, 0.2) is 0 Å². The molecule has 4 rings (SSSR count). The summed E-state index contributed by atoms with van der Waals surface area (Å²) in [6, 6.07) is 10.4. The number of aromatic nitrogens is 2. The molecule has 2 aromatic rings. The number of hydrogen-bond donors (Lipinski definition) is 0. The molecule has 0 N–H and O–H groups in total. The average molecular weight is 393 g/mol. The molecule has 2 fully saturated rings. The number of likely N-dealkylation sites (tertiary alicyclic amines) is 2. The molecule has 6 heteroatoms. The van der Waals surface area contributed by atoms with Gasteiger partial charge in [0.05, 0.1) is 11.9 Å². The number of hydrogen-bond acceptors (Lipinski definition) is 4. The van der Waals surface area contributed by atoms with Crippen LogP contribution in [-0.2, 0) is 11.2 Å². The Labute approximate surface area is 172 Å². The highest BCUT2D eigenvalue weighted by Gasteiger charge is 2.45. The molecule has 1 spiro atoms. The van der Waals surface area contributed by atoms with E-state index in [4.69, 9.17) is 0 Å². The summed E-state index contributed by atoms with van der Waals surface area (Å²) in [6.45, 7) is 4.86. The van der Waals surface area contributed by atoms with Gasteiger partial charge < -0.3 is 9.80 Å². The molecule has 1 aromatic carbocycles. The third kappa shape index (κ3) is 4.47. The largest absolute Gasteiger partial charge is 0.342 e. The van der Waals surface area contributed by atoms with Gasteiger partial charge in [0, 0.05) is 44.2 Å². The normalized spacial score (nSPS) is 18.4. The molecule has 2 saturated heterocycles. The van der Waals surface area contributed by atoms with Gasteiger partial charge in [-0.15, -0.1) is 0 Å². The van der Waals surface area contributed by atoms with Crippen LogP contribution in [0, 0.1) is 12.3 Å². The van der Waals surface area contributed by atoms with E-state index in [1.165, 1.54) is 5.56 Å². The maximum atomic E-state index is 12.7. The van der Waals surface area contributed by atoms with Gasteiger partial charge in [-0.3, -0.25) is 14.6 Å². The van der Waals surface area contributed by atoms with Crippen LogP contribution >= 0.6 is 0 Å². The molecule has 152 valence electrons. The Morgan fingerprint density at radius 3 is 2.55 bits per heavy atom. The van der Waals surface area contributed by atoms with Gasteiger partial charge in [0.2, 0.25) is 5.91 Å². The number of rotatable bonds is 5. The first kappa shape index (κ1) is 19.6. The Hall–Kier alpha value is -2.76. The summed E-state index contributed by atoms with van der Waals surface area (Å²) in [7, 11) is 0. The lowest BCUT2D eigenvalue weighted by Crippen LogP contribution is -2.44. The molecule has 2 aliphatic rings. The van der Waals surface area contributed by atoms with Gasteiger partial charge in [-0.2, -0.15) is 0 Å². The first-order chi connectivity index (χ1) is 14.0. The fourth-order valence-corrected chi connectivity index (χ4v) is 4.49. The van der Waals surface area contributed by atoms with Crippen LogP contribution in [0.15, 0.2) is 42.7 Å². The summed E-state index contributed by atoms with van der Waals surface area (Å²) >= 11 is 0. The van der Waals surface area contributed by atoms with Crippen molar-refractivity contribution in [1.29, 1.82) is 0 Å². The molecule has 1 aromatic heterocycles. The third-order valence-corrected chi connectivity index (χ3v) is 6.25. The Kier molecular flexibility index (Phi) is 5.60. The van der Waals surface area contributed by atoms with E-state index in [9.17, 15) is 9.59 Å². The standard InChI is InChI=1S/C23H28N4O2/c1-18-15-25-20(16-24-18)22(29)26-12-9-23(10-13-26)14-21(28)27(17-23)11-5-8-19-6-3-2-4-7-19/h2-4,6-7,15-16H,5,8-14,17H2,1H3. The van der Waals surface area contributed by atoms with E-state index in [0.29, 0.717) is 25.2 Å². The van der Waals surface area contributed by atoms with Gasteiger partial charge in [-0.05, 0) is 38.2 Å². The number of piperidine rings is 1. The predicted molar refractivity (Wildman–Crippen MR) is 110 cm³/mol. The molecular formula is C23H28N4O2. The Morgan fingerprint density at radius 2 is 1.86 bits per heavy atom. The van der Waals surface area contributed by atoms with Crippen molar-refractivity contribution in [3.05, 3.63) is 59.7 Å². The zero-order valence-corrected chi connectivity index (χ0v) is 17.0. The lowest BCUT2D eigenvalue weighted by Gasteiger charge is -2.38. The van der Waals surface area contributed by atoms with Crippen molar-refractivity contribution in [3.8, 4) is 0 Å². The van der Waals surface area contributed by atoms with Crippen LogP contribution in [0.2, 0.25) is 0 Å². The molecule has 2 aliphatic heterocycles. The summed E-state index contributed by atoms with van der Waals surface area (Å²) in [5, 5.41) is 0. The van der Waals surface area contributed by atoms with Crippen molar-refractivity contribution in [3.63, 3.8) is 0 Å². The summed E-state index contributed by atoms with van der Waals surface area (Å²) in [5.74, 6) is 0.207. The molecule has 0 atom stereocenters. The summed E-state index contributed by atoms with van der Waals surface area (Å²) in [4.78, 5) is 37.5. The zero-order valence-electron chi connectivity index (χ0n) is 17.0. The molecular weight excluding hydrogens is 364 g/mol. The maximum Gasteiger partial charge on any atom is 0.274 e. The number of aryl methyl sites for hydroxylation is 2. The van der Waals surface area contributed by atoms with Crippen molar-refractivity contribution >= 4 is 11.8 Å². The lowest BCUT2D eigenvalue weighted by atomic mass is 9.77. The van der Waals surface area contributed by atoms with E-state index in [1.807, 2.05) is 22.8 Å². The maximum absolute atomic E-state index is 12.7. The fourth-order valence-electron chi connectivity index (χ4n) is 4.49. The lowest BCUT2D eigenvalue weighted by molar-refractivity contribution is -0.127. The highest BCUT2D eigenvalue weighted by molar-refractivity contribution is 5.92. The molecule has 29 heavy (non-hydrogen) atoms. The van der Waals surface area contributed by atoms with Gasteiger partial charge in [-0.1, -0.05) is 30.3 Å². The van der Waals surface area contributed by atoms with Crippen molar-refractivity contribution in [2.75, 3.05) is 26.2 Å². The molecule has 0 aliphatic carbocycles. The van der Waals surface area contributed by atoms with E-state index < -0.39 is 0 Å². The molecule has 0 saturated carbocycles. The predicted octanol–water partition coefficient (Wildman–Crippen LogP) is 2.87. The van der Waals surface area contributed by atoms with E-state index >= 15 is 0 Å². The molecule has 0 unspecified atom stereocenters. The van der Waals surface area contributed by atoms with Crippen LogP contribution in [0.4, 0.5) is 0 Å². The second kappa shape index (κ2) is 8.31. The van der Waals surface area contributed by atoms with Gasteiger partial charge >= 0.3 is 0 Å². The molecule has 0 bridgehead atoms. The van der Waals surface area contributed by atoms with Crippen LogP contribution in [0.3, 0.4) is 0 Å². The first-order valence-corrected chi connectivity index (χ1v) is 10.4. The second-order valence-corrected chi connectivity index (χ2v) is 8.42. The van der Waals surface area contributed by atoms with Crippen LogP contribution in [-0.4, -0.2) is 57.8 Å². The van der Waals surface area contributed by atoms with Gasteiger partial charge in [0.25, 0.3) is 5.91 Å². The van der Waals surface area contributed by atoms with Crippen molar-refractivity contribution < 1.29 is 9.59 Å². The fraction of sp³-hybridized carbons (Fsp3) is 0.478.